The summed E-state index contributed by atoms with van der Waals surface area (Å²) >= 11 is 0. The number of nitrogens with zero attached hydrogens (tertiary/aromatic N) is 1. The van der Waals surface area contributed by atoms with Gasteiger partial charge in [0.2, 0.25) is 5.91 Å². The molecule has 0 N–H and O–H groups in total. The average molecular weight is 356 g/mol. The smallest absolute Gasteiger partial charge is 0.308 e. The fourth-order valence-electron chi connectivity index (χ4n) is 2.27. The van der Waals surface area contributed by atoms with Crippen LogP contribution in [-0.4, -0.2) is 31.0 Å². The monoisotopic (exact) mass is 355 g/mol. The van der Waals surface area contributed by atoms with Crippen LogP contribution in [0.4, 0.5) is 0 Å². The Bertz CT molecular complexity index is 640. The van der Waals surface area contributed by atoms with Gasteiger partial charge in [0.1, 0.15) is 5.75 Å². The lowest BCUT2D eigenvalue weighted by Crippen LogP contribution is -2.38. The van der Waals surface area contributed by atoms with Gasteiger partial charge in [-0.3, -0.25) is 4.79 Å². The predicted octanol–water partition coefficient (Wildman–Crippen LogP) is 3.59. The van der Waals surface area contributed by atoms with Gasteiger partial charge >= 0.3 is 10.1 Å². The van der Waals surface area contributed by atoms with Crippen molar-refractivity contribution in [1.82, 2.24) is 4.90 Å². The molecular formula is C18H29NO4S. The highest BCUT2D eigenvalue weighted by molar-refractivity contribution is 7.87. The van der Waals surface area contributed by atoms with Gasteiger partial charge in [-0.15, -0.1) is 0 Å². The molecule has 0 saturated heterocycles. The van der Waals surface area contributed by atoms with Gasteiger partial charge in [0.25, 0.3) is 0 Å². The molecule has 136 valence electrons. The van der Waals surface area contributed by atoms with Crippen molar-refractivity contribution in [2.45, 2.75) is 60.0 Å². The normalized spacial score (nSPS) is 12.9. The highest BCUT2D eigenvalue weighted by Crippen LogP contribution is 2.24. The lowest BCUT2D eigenvalue weighted by Gasteiger charge is -2.30. The highest BCUT2D eigenvalue weighted by atomic mass is 32.2. The van der Waals surface area contributed by atoms with Crippen LogP contribution in [-0.2, 0) is 21.5 Å². The van der Waals surface area contributed by atoms with Gasteiger partial charge in [0.15, 0.2) is 0 Å². The van der Waals surface area contributed by atoms with Gasteiger partial charge in [0.05, 0.1) is 5.75 Å². The summed E-state index contributed by atoms with van der Waals surface area (Å²) in [7, 11) is -3.60. The lowest BCUT2D eigenvalue weighted by molar-refractivity contribution is -0.134. The molecule has 5 nitrogen and oxygen atoms in total. The molecule has 6 heteroatoms. The fraction of sp³-hybridized carbons (Fsp3) is 0.611. The first-order valence-corrected chi connectivity index (χ1v) is 10.1. The summed E-state index contributed by atoms with van der Waals surface area (Å²) in [6.07, 6.45) is 1.31. The van der Waals surface area contributed by atoms with Gasteiger partial charge in [0, 0.05) is 24.6 Å². The van der Waals surface area contributed by atoms with E-state index >= 15 is 0 Å². The summed E-state index contributed by atoms with van der Waals surface area (Å²) in [5.41, 5.74) is 0.701. The van der Waals surface area contributed by atoms with Crippen LogP contribution >= 0.6 is 0 Å². The highest BCUT2D eigenvalue weighted by Gasteiger charge is 2.22. The van der Waals surface area contributed by atoms with E-state index < -0.39 is 10.1 Å². The third kappa shape index (κ3) is 6.15. The molecule has 1 rings (SSSR count). The molecule has 0 aromatic heterocycles. The van der Waals surface area contributed by atoms with E-state index in [9.17, 15) is 13.2 Å². The molecule has 0 aliphatic rings. The van der Waals surface area contributed by atoms with E-state index in [-0.39, 0.29) is 23.6 Å². The summed E-state index contributed by atoms with van der Waals surface area (Å²) in [4.78, 5) is 14.4. The maximum absolute atomic E-state index is 12.6. The van der Waals surface area contributed by atoms with Crippen molar-refractivity contribution in [2.75, 3.05) is 5.75 Å². The minimum Gasteiger partial charge on any atom is -0.382 e. The van der Waals surface area contributed by atoms with Gasteiger partial charge in [-0.25, -0.2) is 0 Å². The molecule has 0 heterocycles. The summed E-state index contributed by atoms with van der Waals surface area (Å²) in [5, 5.41) is 0. The Kier molecular flexibility index (Phi) is 7.73. The second-order valence-electron chi connectivity index (χ2n) is 6.41. The summed E-state index contributed by atoms with van der Waals surface area (Å²) in [6, 6.07) is 7.06. The zero-order valence-corrected chi connectivity index (χ0v) is 16.1. The second kappa shape index (κ2) is 9.06. The van der Waals surface area contributed by atoms with Crippen molar-refractivity contribution in [1.29, 1.82) is 0 Å². The average Bonchev–Trinajstić information content (AvgIpc) is 2.52. The topological polar surface area (TPSA) is 63.7 Å². The SMILES string of the molecule is CCC(C)N(Cc1ccccc1OS(=O)(=O)CC)C(=O)CC(C)C. The number of para-hydroxylation sites is 1. The van der Waals surface area contributed by atoms with Gasteiger partial charge in [-0.05, 0) is 32.3 Å². The van der Waals surface area contributed by atoms with E-state index in [1.807, 2.05) is 33.8 Å². The number of rotatable bonds is 9. The number of hydrogen-bond acceptors (Lipinski definition) is 4. The Morgan fingerprint density at radius 1 is 1.17 bits per heavy atom. The molecule has 1 atom stereocenters. The van der Waals surface area contributed by atoms with Crippen LogP contribution in [0.2, 0.25) is 0 Å². The second-order valence-corrected chi connectivity index (χ2v) is 8.27. The summed E-state index contributed by atoms with van der Waals surface area (Å²) in [5.74, 6) is 0.552. The molecule has 24 heavy (non-hydrogen) atoms. The first kappa shape index (κ1) is 20.5. The largest absolute Gasteiger partial charge is 0.382 e. The van der Waals surface area contributed by atoms with Crippen LogP contribution in [0.15, 0.2) is 24.3 Å². The van der Waals surface area contributed by atoms with Gasteiger partial charge in [-0.1, -0.05) is 39.0 Å². The fourth-order valence-corrected chi connectivity index (χ4v) is 2.83. The molecule has 0 aliphatic heterocycles. The van der Waals surface area contributed by atoms with E-state index in [0.29, 0.717) is 24.3 Å². The first-order chi connectivity index (χ1) is 11.2. The molecule has 1 amide bonds. The van der Waals surface area contributed by atoms with Crippen molar-refractivity contribution in [3.8, 4) is 5.75 Å². The zero-order chi connectivity index (χ0) is 18.3. The van der Waals surface area contributed by atoms with Crippen LogP contribution in [0.1, 0.15) is 53.0 Å². The third-order valence-corrected chi connectivity index (χ3v) is 5.05. The maximum atomic E-state index is 12.6. The molecular weight excluding hydrogens is 326 g/mol. The Balaban J connectivity index is 3.08. The predicted molar refractivity (Wildman–Crippen MR) is 96.3 cm³/mol. The Labute approximate surface area is 146 Å². The minimum absolute atomic E-state index is 0.0760. The maximum Gasteiger partial charge on any atom is 0.308 e. The molecule has 1 unspecified atom stereocenters. The number of hydrogen-bond donors (Lipinski definition) is 0. The van der Waals surface area contributed by atoms with Crippen LogP contribution in [0.25, 0.3) is 0 Å². The van der Waals surface area contributed by atoms with Crippen LogP contribution in [0.3, 0.4) is 0 Å². The minimum atomic E-state index is -3.60. The number of amides is 1. The molecule has 0 fully saturated rings. The van der Waals surface area contributed by atoms with E-state index in [4.69, 9.17) is 4.18 Å². The number of benzene rings is 1. The first-order valence-electron chi connectivity index (χ1n) is 8.49. The summed E-state index contributed by atoms with van der Waals surface area (Å²) < 4.78 is 28.7. The van der Waals surface area contributed by atoms with E-state index in [0.717, 1.165) is 6.42 Å². The van der Waals surface area contributed by atoms with Crippen molar-refractivity contribution < 1.29 is 17.4 Å². The van der Waals surface area contributed by atoms with Crippen LogP contribution in [0.5, 0.6) is 5.75 Å². The van der Waals surface area contributed by atoms with Gasteiger partial charge in [-0.2, -0.15) is 8.42 Å². The quantitative estimate of drug-likeness (QED) is 0.635. The molecule has 0 spiro atoms. The Morgan fingerprint density at radius 3 is 2.33 bits per heavy atom. The lowest BCUT2D eigenvalue weighted by atomic mass is 10.1. The van der Waals surface area contributed by atoms with Crippen LogP contribution < -0.4 is 4.18 Å². The molecule has 1 aromatic rings. The third-order valence-electron chi connectivity index (χ3n) is 3.91. The van der Waals surface area contributed by atoms with Crippen molar-refractivity contribution in [2.24, 2.45) is 5.92 Å². The van der Waals surface area contributed by atoms with Crippen LogP contribution in [0, 0.1) is 5.92 Å². The number of carbonyl (C=O) groups is 1. The van der Waals surface area contributed by atoms with E-state index in [1.54, 1.807) is 23.1 Å². The molecule has 0 saturated carbocycles. The Morgan fingerprint density at radius 2 is 1.79 bits per heavy atom. The summed E-state index contributed by atoms with van der Waals surface area (Å²) in [6.45, 7) is 9.94. The van der Waals surface area contributed by atoms with E-state index in [2.05, 4.69) is 0 Å². The van der Waals surface area contributed by atoms with Crippen molar-refractivity contribution in [3.05, 3.63) is 29.8 Å². The standard InChI is InChI=1S/C18H29NO4S/c1-6-15(5)19(18(20)12-14(3)4)13-16-10-8-9-11-17(16)23-24(21,22)7-2/h8-11,14-15H,6-7,12-13H2,1-5H3. The molecule has 1 aromatic carbocycles. The zero-order valence-electron chi connectivity index (χ0n) is 15.3. The van der Waals surface area contributed by atoms with Gasteiger partial charge < -0.3 is 9.08 Å². The molecule has 0 bridgehead atoms. The molecule has 0 radical (unpaired) electrons. The van der Waals surface area contributed by atoms with Crippen molar-refractivity contribution in [3.63, 3.8) is 0 Å². The van der Waals surface area contributed by atoms with Crippen molar-refractivity contribution >= 4 is 16.0 Å². The Hall–Kier alpha value is -1.56. The number of carbonyl (C=O) groups excluding carboxylic acids is 1. The molecule has 0 aliphatic carbocycles. The van der Waals surface area contributed by atoms with E-state index in [1.165, 1.54) is 6.92 Å².